The number of anilines is 1. The van der Waals surface area contributed by atoms with Gasteiger partial charge in [0.15, 0.2) is 6.61 Å². The summed E-state index contributed by atoms with van der Waals surface area (Å²) >= 11 is 0. The van der Waals surface area contributed by atoms with Gasteiger partial charge in [-0.05, 0) is 37.5 Å². The maximum atomic E-state index is 12.3. The van der Waals surface area contributed by atoms with Crippen LogP contribution in [-0.2, 0) is 9.59 Å². The number of ether oxygens (including phenoxy) is 1. The summed E-state index contributed by atoms with van der Waals surface area (Å²) in [5, 5.41) is 9.51. The van der Waals surface area contributed by atoms with Gasteiger partial charge in [0, 0.05) is 26.1 Å². The van der Waals surface area contributed by atoms with Crippen molar-refractivity contribution in [3.63, 3.8) is 0 Å². The summed E-state index contributed by atoms with van der Waals surface area (Å²) in [4.78, 5) is 27.9. The van der Waals surface area contributed by atoms with Crippen molar-refractivity contribution in [1.29, 1.82) is 0 Å². The number of rotatable bonds is 3. The molecule has 2 aliphatic rings. The van der Waals surface area contributed by atoms with Gasteiger partial charge in [0.05, 0.1) is 11.8 Å². The molecule has 2 aliphatic heterocycles. The fourth-order valence-corrected chi connectivity index (χ4v) is 3.04. The number of benzene rings is 1. The standard InChI is InChI=1S/C17H22N2O4/c1-12-2-3-15-14(10-12)19(17(22)11-23-15)9-6-16(21)18-7-4-13(20)5-8-18/h2-3,10,13,20H,4-9,11H2,1H3. The summed E-state index contributed by atoms with van der Waals surface area (Å²) < 4.78 is 5.44. The first kappa shape index (κ1) is 15.8. The smallest absolute Gasteiger partial charge is 0.265 e. The number of nitrogens with zero attached hydrogens (tertiary/aromatic N) is 2. The van der Waals surface area contributed by atoms with E-state index in [1.54, 1.807) is 9.80 Å². The van der Waals surface area contributed by atoms with Crippen molar-refractivity contribution in [3.05, 3.63) is 23.8 Å². The molecule has 1 aromatic carbocycles. The second kappa shape index (κ2) is 6.58. The van der Waals surface area contributed by atoms with Crippen LogP contribution in [-0.4, -0.2) is 54.2 Å². The van der Waals surface area contributed by atoms with Gasteiger partial charge in [0.2, 0.25) is 5.91 Å². The SMILES string of the molecule is Cc1ccc2c(c1)N(CCC(=O)N1CCC(O)CC1)C(=O)CO2. The minimum absolute atomic E-state index is 0.0140. The minimum atomic E-state index is -0.297. The van der Waals surface area contributed by atoms with Crippen LogP contribution in [0.2, 0.25) is 0 Å². The molecule has 0 aliphatic carbocycles. The predicted octanol–water partition coefficient (Wildman–Crippen LogP) is 1.09. The van der Waals surface area contributed by atoms with Crippen molar-refractivity contribution in [2.75, 3.05) is 31.1 Å². The van der Waals surface area contributed by atoms with Gasteiger partial charge in [-0.25, -0.2) is 0 Å². The molecular formula is C17H22N2O4. The van der Waals surface area contributed by atoms with E-state index in [9.17, 15) is 14.7 Å². The summed E-state index contributed by atoms with van der Waals surface area (Å²) in [6, 6.07) is 5.71. The van der Waals surface area contributed by atoms with Crippen molar-refractivity contribution in [1.82, 2.24) is 4.90 Å². The molecule has 1 fully saturated rings. The Morgan fingerprint density at radius 3 is 2.83 bits per heavy atom. The lowest BCUT2D eigenvalue weighted by Gasteiger charge is -2.32. The van der Waals surface area contributed by atoms with E-state index < -0.39 is 0 Å². The predicted molar refractivity (Wildman–Crippen MR) is 85.5 cm³/mol. The number of hydrogen-bond acceptors (Lipinski definition) is 4. The number of fused-ring (bicyclic) bond motifs is 1. The highest BCUT2D eigenvalue weighted by atomic mass is 16.5. The molecule has 2 amide bonds. The lowest BCUT2D eigenvalue weighted by atomic mass is 10.1. The molecule has 3 rings (SSSR count). The maximum Gasteiger partial charge on any atom is 0.265 e. The Balaban J connectivity index is 1.65. The molecule has 124 valence electrons. The Bertz CT molecular complexity index is 609. The fourth-order valence-electron chi connectivity index (χ4n) is 3.04. The van der Waals surface area contributed by atoms with Gasteiger partial charge in [-0.2, -0.15) is 0 Å². The van der Waals surface area contributed by atoms with Crippen LogP contribution in [0.15, 0.2) is 18.2 Å². The number of aryl methyl sites for hydroxylation is 1. The van der Waals surface area contributed by atoms with E-state index in [2.05, 4.69) is 0 Å². The number of hydrogen-bond donors (Lipinski definition) is 1. The first-order valence-electron chi connectivity index (χ1n) is 8.04. The molecule has 0 radical (unpaired) electrons. The third kappa shape index (κ3) is 3.47. The van der Waals surface area contributed by atoms with Crippen LogP contribution in [0.5, 0.6) is 5.75 Å². The van der Waals surface area contributed by atoms with Crippen molar-refractivity contribution in [2.24, 2.45) is 0 Å². The Morgan fingerprint density at radius 1 is 1.35 bits per heavy atom. The van der Waals surface area contributed by atoms with Crippen LogP contribution in [0, 0.1) is 6.92 Å². The van der Waals surface area contributed by atoms with Crippen molar-refractivity contribution < 1.29 is 19.4 Å². The molecule has 1 saturated heterocycles. The highest BCUT2D eigenvalue weighted by molar-refractivity contribution is 5.98. The number of carbonyl (C=O) groups excluding carboxylic acids is 2. The molecule has 0 saturated carbocycles. The Labute approximate surface area is 135 Å². The fraction of sp³-hybridized carbons (Fsp3) is 0.529. The lowest BCUT2D eigenvalue weighted by molar-refractivity contribution is -0.133. The van der Waals surface area contributed by atoms with E-state index >= 15 is 0 Å². The van der Waals surface area contributed by atoms with Crippen LogP contribution in [0.4, 0.5) is 5.69 Å². The third-order valence-corrected chi connectivity index (χ3v) is 4.42. The Hall–Kier alpha value is -2.08. The summed E-state index contributed by atoms with van der Waals surface area (Å²) in [7, 11) is 0. The molecule has 0 atom stereocenters. The van der Waals surface area contributed by atoms with Gasteiger partial charge in [0.1, 0.15) is 5.75 Å². The van der Waals surface area contributed by atoms with Crippen LogP contribution in [0.3, 0.4) is 0 Å². The number of amides is 2. The summed E-state index contributed by atoms with van der Waals surface area (Å²) in [6.45, 7) is 3.51. The van der Waals surface area contributed by atoms with Gasteiger partial charge < -0.3 is 19.6 Å². The van der Waals surface area contributed by atoms with E-state index in [1.807, 2.05) is 25.1 Å². The first-order chi connectivity index (χ1) is 11.0. The zero-order chi connectivity index (χ0) is 16.4. The van der Waals surface area contributed by atoms with Gasteiger partial charge in [-0.3, -0.25) is 9.59 Å². The molecule has 1 aromatic rings. The van der Waals surface area contributed by atoms with Crippen molar-refractivity contribution in [2.45, 2.75) is 32.3 Å². The van der Waals surface area contributed by atoms with Gasteiger partial charge >= 0.3 is 0 Å². The summed E-state index contributed by atoms with van der Waals surface area (Å²) in [5.74, 6) is 0.596. The van der Waals surface area contributed by atoms with E-state index in [4.69, 9.17) is 4.74 Å². The third-order valence-electron chi connectivity index (χ3n) is 4.42. The van der Waals surface area contributed by atoms with Crippen molar-refractivity contribution in [3.8, 4) is 5.75 Å². The molecule has 1 N–H and O–H groups in total. The highest BCUT2D eigenvalue weighted by Gasteiger charge is 2.27. The molecule has 0 aromatic heterocycles. The number of piperidine rings is 1. The van der Waals surface area contributed by atoms with Crippen LogP contribution in [0.1, 0.15) is 24.8 Å². The van der Waals surface area contributed by atoms with E-state index in [0.717, 1.165) is 11.3 Å². The largest absolute Gasteiger partial charge is 0.482 e. The summed E-state index contributed by atoms with van der Waals surface area (Å²) in [6.07, 6.45) is 1.25. The number of aliphatic hydroxyl groups excluding tert-OH is 1. The number of aliphatic hydroxyl groups is 1. The van der Waals surface area contributed by atoms with Crippen molar-refractivity contribution >= 4 is 17.5 Å². The molecule has 0 unspecified atom stereocenters. The maximum absolute atomic E-state index is 12.3. The van der Waals surface area contributed by atoms with Gasteiger partial charge in [0.25, 0.3) is 5.91 Å². The second-order valence-electron chi connectivity index (χ2n) is 6.17. The van der Waals surface area contributed by atoms with Crippen LogP contribution >= 0.6 is 0 Å². The second-order valence-corrected chi connectivity index (χ2v) is 6.17. The zero-order valence-corrected chi connectivity index (χ0v) is 13.3. The lowest BCUT2D eigenvalue weighted by Crippen LogP contribution is -2.44. The molecule has 6 nitrogen and oxygen atoms in total. The highest BCUT2D eigenvalue weighted by Crippen LogP contribution is 2.32. The topological polar surface area (TPSA) is 70.1 Å². The van der Waals surface area contributed by atoms with Crippen LogP contribution < -0.4 is 9.64 Å². The van der Waals surface area contributed by atoms with E-state index in [-0.39, 0.29) is 30.9 Å². The Morgan fingerprint density at radius 2 is 2.09 bits per heavy atom. The van der Waals surface area contributed by atoms with Gasteiger partial charge in [-0.15, -0.1) is 0 Å². The summed E-state index contributed by atoms with van der Waals surface area (Å²) in [5.41, 5.74) is 1.78. The molecule has 23 heavy (non-hydrogen) atoms. The molecular weight excluding hydrogens is 296 g/mol. The normalized spacial score (nSPS) is 18.6. The molecule has 6 heteroatoms. The molecule has 0 bridgehead atoms. The molecule has 0 spiro atoms. The van der Waals surface area contributed by atoms with E-state index in [1.165, 1.54) is 0 Å². The molecule has 2 heterocycles. The number of likely N-dealkylation sites (tertiary alicyclic amines) is 1. The Kier molecular flexibility index (Phi) is 4.52. The van der Waals surface area contributed by atoms with Crippen LogP contribution in [0.25, 0.3) is 0 Å². The quantitative estimate of drug-likeness (QED) is 0.906. The average molecular weight is 318 g/mol. The zero-order valence-electron chi connectivity index (χ0n) is 13.3. The minimum Gasteiger partial charge on any atom is -0.482 e. The monoisotopic (exact) mass is 318 g/mol. The average Bonchev–Trinajstić information content (AvgIpc) is 2.54. The van der Waals surface area contributed by atoms with Gasteiger partial charge in [-0.1, -0.05) is 6.07 Å². The number of carbonyl (C=O) groups is 2. The first-order valence-corrected chi connectivity index (χ1v) is 8.04. The van der Waals surface area contributed by atoms with E-state index in [0.29, 0.717) is 38.2 Å².